The summed E-state index contributed by atoms with van der Waals surface area (Å²) in [5, 5.41) is 0.632. The Kier molecular flexibility index (Phi) is 3.33. The van der Waals surface area contributed by atoms with E-state index in [2.05, 4.69) is 15.9 Å². The van der Waals surface area contributed by atoms with Crippen molar-refractivity contribution in [2.24, 2.45) is 0 Å². The maximum Gasteiger partial charge on any atom is 0.339 e. The van der Waals surface area contributed by atoms with Crippen molar-refractivity contribution in [2.45, 2.75) is 10.9 Å². The molecule has 0 radical (unpaired) electrons. The lowest BCUT2D eigenvalue weighted by Crippen LogP contribution is -2.23. The van der Waals surface area contributed by atoms with Gasteiger partial charge in [-0.15, -0.1) is 0 Å². The second-order valence-corrected chi connectivity index (χ2v) is 5.79. The predicted molar refractivity (Wildman–Crippen MR) is 77.7 cm³/mol. The zero-order valence-electron chi connectivity index (χ0n) is 9.85. The normalized spacial score (nSPS) is 21.7. The van der Waals surface area contributed by atoms with Crippen LogP contribution in [0.3, 0.4) is 0 Å². The predicted octanol–water partition coefficient (Wildman–Crippen LogP) is 4.69. The van der Waals surface area contributed by atoms with E-state index in [0.717, 1.165) is 11.1 Å². The van der Waals surface area contributed by atoms with Gasteiger partial charge in [0.1, 0.15) is 6.10 Å². The van der Waals surface area contributed by atoms with Crippen LogP contribution in [-0.2, 0) is 4.74 Å². The molecular formula is C15H10BrClO2. The van der Waals surface area contributed by atoms with Crippen LogP contribution in [0.4, 0.5) is 0 Å². The van der Waals surface area contributed by atoms with Crippen LogP contribution in [0.1, 0.15) is 32.4 Å². The Morgan fingerprint density at radius 3 is 2.68 bits per heavy atom. The van der Waals surface area contributed by atoms with E-state index in [4.69, 9.17) is 16.3 Å². The molecule has 0 aliphatic carbocycles. The number of benzene rings is 2. The van der Waals surface area contributed by atoms with Gasteiger partial charge in [0.2, 0.25) is 0 Å². The number of carbonyl (C=O) groups is 1. The van der Waals surface area contributed by atoms with Crippen LogP contribution >= 0.6 is 27.5 Å². The third kappa shape index (κ3) is 2.28. The van der Waals surface area contributed by atoms with Crippen molar-refractivity contribution < 1.29 is 9.53 Å². The Morgan fingerprint density at radius 1 is 1.11 bits per heavy atom. The average molecular weight is 338 g/mol. The van der Waals surface area contributed by atoms with Crippen molar-refractivity contribution in [3.63, 3.8) is 0 Å². The molecule has 0 unspecified atom stereocenters. The molecule has 0 spiro atoms. The first-order valence-electron chi connectivity index (χ1n) is 5.86. The number of hydrogen-bond acceptors (Lipinski definition) is 2. The van der Waals surface area contributed by atoms with Gasteiger partial charge in [0.15, 0.2) is 0 Å². The highest BCUT2D eigenvalue weighted by Gasteiger charge is 2.34. The Bertz CT molecular complexity index is 642. The van der Waals surface area contributed by atoms with Crippen molar-refractivity contribution >= 4 is 33.5 Å². The SMILES string of the molecule is O=C1O[C@@H](c2cccc(Cl)c2)[C@H](Br)c2ccccc21. The number of fused-ring (bicyclic) bond motifs is 1. The largest absolute Gasteiger partial charge is 0.452 e. The van der Waals surface area contributed by atoms with Gasteiger partial charge in [-0.1, -0.05) is 57.9 Å². The average Bonchev–Trinajstić information content (AvgIpc) is 2.43. The monoisotopic (exact) mass is 336 g/mol. The van der Waals surface area contributed by atoms with Crippen LogP contribution in [0.5, 0.6) is 0 Å². The van der Waals surface area contributed by atoms with Crippen LogP contribution in [0.25, 0.3) is 0 Å². The maximum atomic E-state index is 12.0. The second-order valence-electron chi connectivity index (χ2n) is 4.37. The van der Waals surface area contributed by atoms with Gasteiger partial charge < -0.3 is 4.74 Å². The lowest BCUT2D eigenvalue weighted by Gasteiger charge is -2.29. The van der Waals surface area contributed by atoms with Gasteiger partial charge >= 0.3 is 5.97 Å². The lowest BCUT2D eigenvalue weighted by molar-refractivity contribution is 0.0249. The van der Waals surface area contributed by atoms with Crippen molar-refractivity contribution in [1.82, 2.24) is 0 Å². The summed E-state index contributed by atoms with van der Waals surface area (Å²) in [5.41, 5.74) is 2.45. The summed E-state index contributed by atoms with van der Waals surface area (Å²) in [4.78, 5) is 12.0. The summed E-state index contributed by atoms with van der Waals surface area (Å²) in [6, 6.07) is 14.8. The maximum absolute atomic E-state index is 12.0. The fourth-order valence-electron chi connectivity index (χ4n) is 2.25. The van der Waals surface area contributed by atoms with E-state index in [1.54, 1.807) is 12.1 Å². The smallest absolute Gasteiger partial charge is 0.339 e. The molecule has 0 bridgehead atoms. The summed E-state index contributed by atoms with van der Waals surface area (Å²) >= 11 is 9.61. The van der Waals surface area contributed by atoms with E-state index in [1.807, 2.05) is 36.4 Å². The van der Waals surface area contributed by atoms with Gasteiger partial charge in [-0.25, -0.2) is 4.79 Å². The Balaban J connectivity index is 2.05. The van der Waals surface area contributed by atoms with E-state index < -0.39 is 0 Å². The first-order chi connectivity index (χ1) is 9.16. The molecule has 1 aliphatic rings. The molecule has 2 aromatic carbocycles. The first-order valence-corrected chi connectivity index (χ1v) is 7.15. The van der Waals surface area contributed by atoms with E-state index in [0.29, 0.717) is 10.6 Å². The van der Waals surface area contributed by atoms with Gasteiger partial charge in [0.05, 0.1) is 10.4 Å². The molecule has 0 saturated carbocycles. The molecule has 0 amide bonds. The Morgan fingerprint density at radius 2 is 1.89 bits per heavy atom. The number of alkyl halides is 1. The molecular weight excluding hydrogens is 328 g/mol. The summed E-state index contributed by atoms with van der Waals surface area (Å²) in [7, 11) is 0. The van der Waals surface area contributed by atoms with Crippen molar-refractivity contribution in [3.05, 3.63) is 70.2 Å². The molecule has 0 saturated heterocycles. The number of carbonyl (C=O) groups excluding carboxylic acids is 1. The lowest BCUT2D eigenvalue weighted by atomic mass is 9.94. The quantitative estimate of drug-likeness (QED) is 0.557. The molecule has 2 aromatic rings. The molecule has 0 N–H and O–H groups in total. The highest BCUT2D eigenvalue weighted by molar-refractivity contribution is 9.09. The zero-order chi connectivity index (χ0) is 13.4. The van der Waals surface area contributed by atoms with Crippen LogP contribution in [-0.4, -0.2) is 5.97 Å². The summed E-state index contributed by atoms with van der Waals surface area (Å²) in [6.07, 6.45) is -0.360. The van der Waals surface area contributed by atoms with Gasteiger partial charge in [-0.2, -0.15) is 0 Å². The molecule has 1 aliphatic heterocycles. The third-order valence-corrected chi connectivity index (χ3v) is 4.36. The number of cyclic esters (lactones) is 1. The topological polar surface area (TPSA) is 26.3 Å². The standard InChI is InChI=1S/C15H10BrClO2/c16-13-11-6-1-2-7-12(11)15(18)19-14(13)9-4-3-5-10(17)8-9/h1-8,13-14H/t13-,14+/m1/s1. The highest BCUT2D eigenvalue weighted by atomic mass is 79.9. The van der Waals surface area contributed by atoms with Crippen molar-refractivity contribution in [1.29, 1.82) is 0 Å². The van der Waals surface area contributed by atoms with Crippen LogP contribution < -0.4 is 0 Å². The Labute approximate surface area is 124 Å². The number of esters is 1. The van der Waals surface area contributed by atoms with Gasteiger partial charge in [0, 0.05) is 5.02 Å². The van der Waals surface area contributed by atoms with Gasteiger partial charge in [0.25, 0.3) is 0 Å². The van der Waals surface area contributed by atoms with E-state index >= 15 is 0 Å². The van der Waals surface area contributed by atoms with Gasteiger partial charge in [-0.3, -0.25) is 0 Å². The highest BCUT2D eigenvalue weighted by Crippen LogP contribution is 2.44. The van der Waals surface area contributed by atoms with E-state index in [-0.39, 0.29) is 16.9 Å². The van der Waals surface area contributed by atoms with Crippen LogP contribution in [0.2, 0.25) is 5.02 Å². The minimum atomic E-state index is -0.360. The number of hydrogen-bond donors (Lipinski definition) is 0. The molecule has 4 heteroatoms. The van der Waals surface area contributed by atoms with Crippen molar-refractivity contribution in [2.75, 3.05) is 0 Å². The Hall–Kier alpha value is -1.32. The molecule has 2 atom stereocenters. The molecule has 2 nitrogen and oxygen atoms in total. The molecule has 19 heavy (non-hydrogen) atoms. The molecule has 0 aromatic heterocycles. The first kappa shape index (κ1) is 12.7. The van der Waals surface area contributed by atoms with E-state index in [1.165, 1.54) is 0 Å². The summed E-state index contributed by atoms with van der Waals surface area (Å²) < 4.78 is 5.52. The van der Waals surface area contributed by atoms with Crippen LogP contribution in [0, 0.1) is 0 Å². The molecule has 1 heterocycles. The zero-order valence-corrected chi connectivity index (χ0v) is 12.2. The number of ether oxygens (including phenoxy) is 1. The fourth-order valence-corrected chi connectivity index (χ4v) is 3.26. The fraction of sp³-hybridized carbons (Fsp3) is 0.133. The van der Waals surface area contributed by atoms with E-state index in [9.17, 15) is 4.79 Å². The molecule has 3 rings (SSSR count). The summed E-state index contributed by atoms with van der Waals surface area (Å²) in [5.74, 6) is -0.295. The molecule has 96 valence electrons. The number of halogens is 2. The van der Waals surface area contributed by atoms with Gasteiger partial charge in [-0.05, 0) is 29.3 Å². The second kappa shape index (κ2) is 4.99. The summed E-state index contributed by atoms with van der Waals surface area (Å²) in [6.45, 7) is 0. The van der Waals surface area contributed by atoms with Crippen molar-refractivity contribution in [3.8, 4) is 0 Å². The number of rotatable bonds is 1. The molecule has 0 fully saturated rings. The minimum absolute atomic E-state index is 0.0696. The third-order valence-electron chi connectivity index (χ3n) is 3.15. The van der Waals surface area contributed by atoms with Crippen LogP contribution in [0.15, 0.2) is 48.5 Å². The minimum Gasteiger partial charge on any atom is -0.452 e.